The van der Waals surface area contributed by atoms with Gasteiger partial charge in [0.05, 0.1) is 0 Å². The molecule has 0 aromatic heterocycles. The van der Waals surface area contributed by atoms with Gasteiger partial charge in [0.15, 0.2) is 0 Å². The largest absolute Gasteiger partial charge is 0.480 e. The maximum atomic E-state index is 11.9. The van der Waals surface area contributed by atoms with Crippen molar-refractivity contribution < 1.29 is 14.7 Å². The Bertz CT molecular complexity index is 264. The molecular formula is C11H20N2O3. The predicted molar refractivity (Wildman–Crippen MR) is 59.8 cm³/mol. The number of rotatable bonds is 5. The Kier molecular flexibility index (Phi) is 4.73. The summed E-state index contributed by atoms with van der Waals surface area (Å²) in [5.74, 6) is -0.795. The van der Waals surface area contributed by atoms with Crippen molar-refractivity contribution in [3.63, 3.8) is 0 Å². The topological polar surface area (TPSA) is 83.6 Å². The summed E-state index contributed by atoms with van der Waals surface area (Å²) >= 11 is 0. The van der Waals surface area contributed by atoms with Crippen LogP contribution in [0.3, 0.4) is 0 Å². The zero-order valence-corrected chi connectivity index (χ0v) is 9.69. The number of amides is 1. The van der Waals surface area contributed by atoms with Crippen molar-refractivity contribution in [3.05, 3.63) is 0 Å². The van der Waals surface area contributed by atoms with Crippen molar-refractivity contribution >= 4 is 11.9 Å². The lowest BCUT2D eigenvalue weighted by Crippen LogP contribution is -2.41. The summed E-state index contributed by atoms with van der Waals surface area (Å²) in [6, 6.07) is -0.622. The lowest BCUT2D eigenvalue weighted by atomic mass is 10.0. The van der Waals surface area contributed by atoms with Gasteiger partial charge in [-0.05, 0) is 25.3 Å². The van der Waals surface area contributed by atoms with Crippen molar-refractivity contribution in [2.24, 2.45) is 11.7 Å². The van der Waals surface area contributed by atoms with Crippen LogP contribution < -0.4 is 5.73 Å². The van der Waals surface area contributed by atoms with E-state index in [1.165, 1.54) is 4.90 Å². The van der Waals surface area contributed by atoms with Crippen LogP contribution in [0.25, 0.3) is 0 Å². The Morgan fingerprint density at radius 3 is 2.75 bits per heavy atom. The second kappa shape index (κ2) is 5.84. The van der Waals surface area contributed by atoms with E-state index in [-0.39, 0.29) is 11.8 Å². The Morgan fingerprint density at radius 1 is 1.56 bits per heavy atom. The first-order valence-corrected chi connectivity index (χ1v) is 5.82. The molecule has 1 fully saturated rings. The van der Waals surface area contributed by atoms with Gasteiger partial charge >= 0.3 is 5.97 Å². The first-order chi connectivity index (χ1) is 7.60. The standard InChI is InChI=1S/C11H20N2O3/c1-2-8(7-12)6-10(14)13-5-3-4-9(13)11(15)16/h8-9H,2-7,12H2,1H3,(H,15,16)/t8?,9-/m0/s1. The zero-order chi connectivity index (χ0) is 12.1. The second-order valence-corrected chi connectivity index (χ2v) is 4.30. The Morgan fingerprint density at radius 2 is 2.25 bits per heavy atom. The van der Waals surface area contributed by atoms with E-state index in [1.807, 2.05) is 6.92 Å². The molecule has 1 rings (SSSR count). The molecule has 0 spiro atoms. The minimum Gasteiger partial charge on any atom is -0.480 e. The molecule has 0 bridgehead atoms. The van der Waals surface area contributed by atoms with Gasteiger partial charge in [-0.1, -0.05) is 13.3 Å². The van der Waals surface area contributed by atoms with Gasteiger partial charge in [0.25, 0.3) is 0 Å². The average molecular weight is 228 g/mol. The van der Waals surface area contributed by atoms with E-state index in [4.69, 9.17) is 10.8 Å². The summed E-state index contributed by atoms with van der Waals surface area (Å²) < 4.78 is 0. The third kappa shape index (κ3) is 2.95. The molecule has 3 N–H and O–H groups in total. The summed E-state index contributed by atoms with van der Waals surface area (Å²) in [6.07, 6.45) is 2.58. The summed E-state index contributed by atoms with van der Waals surface area (Å²) in [5, 5.41) is 8.96. The Hall–Kier alpha value is -1.10. The highest BCUT2D eigenvalue weighted by atomic mass is 16.4. The molecule has 2 atom stereocenters. The minimum absolute atomic E-state index is 0.0674. The van der Waals surface area contributed by atoms with Crippen molar-refractivity contribution in [1.82, 2.24) is 4.90 Å². The smallest absolute Gasteiger partial charge is 0.326 e. The quantitative estimate of drug-likeness (QED) is 0.715. The van der Waals surface area contributed by atoms with E-state index in [0.717, 1.165) is 12.8 Å². The number of carboxylic acid groups (broad SMARTS) is 1. The molecule has 0 aromatic carbocycles. The van der Waals surface area contributed by atoms with Gasteiger partial charge in [0, 0.05) is 13.0 Å². The third-order valence-electron chi connectivity index (χ3n) is 3.23. The molecule has 1 unspecified atom stereocenters. The number of carboxylic acids is 1. The molecule has 0 saturated carbocycles. The number of carbonyl (C=O) groups excluding carboxylic acids is 1. The molecule has 1 aliphatic rings. The van der Waals surface area contributed by atoms with Crippen LogP contribution in [0.4, 0.5) is 0 Å². The number of aliphatic carboxylic acids is 1. The molecular weight excluding hydrogens is 208 g/mol. The highest BCUT2D eigenvalue weighted by molar-refractivity contribution is 5.84. The lowest BCUT2D eigenvalue weighted by Gasteiger charge is -2.23. The van der Waals surface area contributed by atoms with Gasteiger partial charge in [-0.25, -0.2) is 4.79 Å². The van der Waals surface area contributed by atoms with Crippen LogP contribution in [0, 0.1) is 5.92 Å². The molecule has 0 radical (unpaired) electrons. The van der Waals surface area contributed by atoms with Crippen LogP contribution in [-0.4, -0.2) is 41.0 Å². The molecule has 0 aliphatic carbocycles. The van der Waals surface area contributed by atoms with Crippen LogP contribution in [0.2, 0.25) is 0 Å². The van der Waals surface area contributed by atoms with E-state index in [2.05, 4.69) is 0 Å². The number of carbonyl (C=O) groups is 2. The van der Waals surface area contributed by atoms with Gasteiger partial charge in [-0.2, -0.15) is 0 Å². The van der Waals surface area contributed by atoms with Gasteiger partial charge in [0.1, 0.15) is 6.04 Å². The summed E-state index contributed by atoms with van der Waals surface area (Å²) in [6.45, 7) is 3.04. The lowest BCUT2D eigenvalue weighted by molar-refractivity contribution is -0.148. The molecule has 5 heteroatoms. The van der Waals surface area contributed by atoms with Crippen LogP contribution in [0.15, 0.2) is 0 Å². The first kappa shape index (κ1) is 13.0. The third-order valence-corrected chi connectivity index (χ3v) is 3.23. The van der Waals surface area contributed by atoms with E-state index in [0.29, 0.717) is 25.9 Å². The van der Waals surface area contributed by atoms with Gasteiger partial charge in [-0.15, -0.1) is 0 Å². The Labute approximate surface area is 95.6 Å². The molecule has 92 valence electrons. The molecule has 1 heterocycles. The number of nitrogens with two attached hydrogens (primary N) is 1. The normalized spacial score (nSPS) is 22.1. The van der Waals surface area contributed by atoms with Gasteiger partial charge < -0.3 is 15.7 Å². The van der Waals surface area contributed by atoms with Crippen molar-refractivity contribution in [3.8, 4) is 0 Å². The van der Waals surface area contributed by atoms with Crippen molar-refractivity contribution in [1.29, 1.82) is 0 Å². The van der Waals surface area contributed by atoms with E-state index in [1.54, 1.807) is 0 Å². The van der Waals surface area contributed by atoms with Crippen LogP contribution in [0.5, 0.6) is 0 Å². The van der Waals surface area contributed by atoms with Crippen LogP contribution in [0.1, 0.15) is 32.6 Å². The Balaban J connectivity index is 2.56. The van der Waals surface area contributed by atoms with E-state index >= 15 is 0 Å². The van der Waals surface area contributed by atoms with Gasteiger partial charge in [-0.3, -0.25) is 4.79 Å². The average Bonchev–Trinajstić information content (AvgIpc) is 2.74. The number of hydrogen-bond donors (Lipinski definition) is 2. The van der Waals surface area contributed by atoms with E-state index < -0.39 is 12.0 Å². The fraction of sp³-hybridized carbons (Fsp3) is 0.818. The molecule has 1 amide bonds. The fourth-order valence-electron chi connectivity index (χ4n) is 2.08. The monoisotopic (exact) mass is 228 g/mol. The summed E-state index contributed by atoms with van der Waals surface area (Å²) in [5.41, 5.74) is 5.54. The minimum atomic E-state index is -0.897. The molecule has 5 nitrogen and oxygen atoms in total. The van der Waals surface area contributed by atoms with Gasteiger partial charge in [0.2, 0.25) is 5.91 Å². The first-order valence-electron chi connectivity index (χ1n) is 5.82. The second-order valence-electron chi connectivity index (χ2n) is 4.30. The molecule has 1 saturated heterocycles. The van der Waals surface area contributed by atoms with Crippen molar-refractivity contribution in [2.45, 2.75) is 38.6 Å². The fourth-order valence-corrected chi connectivity index (χ4v) is 2.08. The maximum Gasteiger partial charge on any atom is 0.326 e. The highest BCUT2D eigenvalue weighted by Gasteiger charge is 2.34. The van der Waals surface area contributed by atoms with Crippen molar-refractivity contribution in [2.75, 3.05) is 13.1 Å². The maximum absolute atomic E-state index is 11.9. The SMILES string of the molecule is CCC(CN)CC(=O)N1CCC[C@H]1C(=O)O. The number of likely N-dealkylation sites (tertiary alicyclic amines) is 1. The zero-order valence-electron chi connectivity index (χ0n) is 9.69. The van der Waals surface area contributed by atoms with Crippen LogP contribution >= 0.6 is 0 Å². The number of hydrogen-bond acceptors (Lipinski definition) is 3. The van der Waals surface area contributed by atoms with E-state index in [9.17, 15) is 9.59 Å². The van der Waals surface area contributed by atoms with Crippen LogP contribution in [-0.2, 0) is 9.59 Å². The summed E-state index contributed by atoms with van der Waals surface area (Å²) in [7, 11) is 0. The molecule has 0 aromatic rings. The molecule has 1 aliphatic heterocycles. The number of nitrogens with zero attached hydrogens (tertiary/aromatic N) is 1. The molecule has 16 heavy (non-hydrogen) atoms. The summed E-state index contributed by atoms with van der Waals surface area (Å²) in [4.78, 5) is 24.3. The highest BCUT2D eigenvalue weighted by Crippen LogP contribution is 2.20. The predicted octanol–water partition coefficient (Wildman–Crippen LogP) is 0.437.